The second-order valence-corrected chi connectivity index (χ2v) is 4.54. The number of amides is 1. The van der Waals surface area contributed by atoms with Crippen molar-refractivity contribution in [3.05, 3.63) is 28.3 Å². The van der Waals surface area contributed by atoms with Crippen molar-refractivity contribution in [1.82, 2.24) is 0 Å². The number of esters is 1. The fourth-order valence-electron chi connectivity index (χ4n) is 2.27. The molecule has 8 heteroatoms. The minimum atomic E-state index is -0.583. The molecule has 0 bridgehead atoms. The van der Waals surface area contributed by atoms with Crippen molar-refractivity contribution >= 4 is 23.3 Å². The summed E-state index contributed by atoms with van der Waals surface area (Å²) in [5.74, 6) is -1.18. The van der Waals surface area contributed by atoms with E-state index in [4.69, 9.17) is 4.74 Å². The van der Waals surface area contributed by atoms with Crippen molar-refractivity contribution in [1.29, 1.82) is 0 Å². The minimum absolute atomic E-state index is 0.0342. The largest absolute Gasteiger partial charge is 0.490 e. The van der Waals surface area contributed by atoms with Crippen LogP contribution >= 0.6 is 0 Å². The number of ether oxygens (including phenoxy) is 2. The lowest BCUT2D eigenvalue weighted by Gasteiger charge is -2.16. The number of methoxy groups -OCH3 is 2. The Hall–Kier alpha value is -2.64. The molecule has 1 saturated heterocycles. The van der Waals surface area contributed by atoms with Gasteiger partial charge in [0.2, 0.25) is 5.91 Å². The van der Waals surface area contributed by atoms with Gasteiger partial charge in [0.15, 0.2) is 5.75 Å². The van der Waals surface area contributed by atoms with Crippen LogP contribution < -0.4 is 9.64 Å². The van der Waals surface area contributed by atoms with Crippen LogP contribution in [0.5, 0.6) is 5.75 Å². The summed E-state index contributed by atoms with van der Waals surface area (Å²) in [5.41, 5.74) is 0.128. The maximum atomic E-state index is 12.0. The average molecular weight is 294 g/mol. The Balaban J connectivity index is 2.30. The molecule has 0 aliphatic carbocycles. The summed E-state index contributed by atoms with van der Waals surface area (Å²) < 4.78 is 9.53. The summed E-state index contributed by atoms with van der Waals surface area (Å²) in [6.07, 6.45) is 0.0342. The molecule has 112 valence electrons. The predicted molar refractivity (Wildman–Crippen MR) is 72.1 cm³/mol. The molecule has 1 aromatic rings. The molecule has 0 aromatic heterocycles. The maximum Gasteiger partial charge on any atom is 0.312 e. The summed E-state index contributed by atoms with van der Waals surface area (Å²) >= 11 is 0. The molecule has 21 heavy (non-hydrogen) atoms. The molecular formula is C13H14N2O6. The highest BCUT2D eigenvalue weighted by molar-refractivity contribution is 5.99. The van der Waals surface area contributed by atoms with E-state index < -0.39 is 16.8 Å². The lowest BCUT2D eigenvalue weighted by atomic mass is 10.1. The van der Waals surface area contributed by atoms with Gasteiger partial charge in [-0.3, -0.25) is 19.7 Å². The third-order valence-electron chi connectivity index (χ3n) is 3.33. The number of hydrogen-bond acceptors (Lipinski definition) is 6. The highest BCUT2D eigenvalue weighted by Crippen LogP contribution is 2.34. The summed E-state index contributed by atoms with van der Waals surface area (Å²) in [6.45, 7) is 0.148. The van der Waals surface area contributed by atoms with E-state index in [0.29, 0.717) is 5.69 Å². The maximum absolute atomic E-state index is 12.0. The summed E-state index contributed by atoms with van der Waals surface area (Å²) in [6, 6.07) is 4.23. The Morgan fingerprint density at radius 1 is 1.43 bits per heavy atom. The zero-order chi connectivity index (χ0) is 15.6. The van der Waals surface area contributed by atoms with E-state index in [9.17, 15) is 19.7 Å². The molecule has 0 spiro atoms. The quantitative estimate of drug-likeness (QED) is 0.469. The van der Waals surface area contributed by atoms with E-state index in [2.05, 4.69) is 4.74 Å². The van der Waals surface area contributed by atoms with E-state index in [1.165, 1.54) is 31.3 Å². The molecule has 1 atom stereocenters. The SMILES string of the molecule is COC(=O)C1CC(=O)N(c2ccc(OC)c([N+](=O)[O-])c2)C1. The number of hydrogen-bond donors (Lipinski definition) is 0. The standard InChI is InChI=1S/C13H14N2O6/c1-20-11-4-3-9(6-10(11)15(18)19)14-7-8(5-12(14)16)13(17)21-2/h3-4,6,8H,5,7H2,1-2H3. The molecule has 0 N–H and O–H groups in total. The normalized spacial score (nSPS) is 17.7. The lowest BCUT2D eigenvalue weighted by molar-refractivity contribution is -0.385. The van der Waals surface area contributed by atoms with Gasteiger partial charge in [-0.2, -0.15) is 0 Å². The molecule has 0 saturated carbocycles. The number of carbonyl (C=O) groups is 2. The molecular weight excluding hydrogens is 280 g/mol. The monoisotopic (exact) mass is 294 g/mol. The average Bonchev–Trinajstić information content (AvgIpc) is 2.87. The van der Waals surface area contributed by atoms with E-state index in [1.807, 2.05) is 0 Å². The topological polar surface area (TPSA) is 99.0 Å². The Morgan fingerprint density at radius 2 is 2.14 bits per heavy atom. The zero-order valence-electron chi connectivity index (χ0n) is 11.6. The third kappa shape index (κ3) is 2.78. The van der Waals surface area contributed by atoms with Crippen molar-refractivity contribution < 1.29 is 24.0 Å². The number of nitro benzene ring substituents is 1. The van der Waals surface area contributed by atoms with Gasteiger partial charge in [-0.05, 0) is 12.1 Å². The fourth-order valence-corrected chi connectivity index (χ4v) is 2.27. The highest BCUT2D eigenvalue weighted by Gasteiger charge is 2.36. The first kappa shape index (κ1) is 14.8. The van der Waals surface area contributed by atoms with Crippen LogP contribution in [-0.4, -0.2) is 37.6 Å². The molecule has 2 rings (SSSR count). The van der Waals surface area contributed by atoms with Crippen LogP contribution in [0.15, 0.2) is 18.2 Å². The van der Waals surface area contributed by atoms with Crippen LogP contribution in [0.2, 0.25) is 0 Å². The number of rotatable bonds is 4. The summed E-state index contributed by atoms with van der Waals surface area (Å²) in [5, 5.41) is 11.0. The number of benzene rings is 1. The molecule has 1 unspecified atom stereocenters. The molecule has 8 nitrogen and oxygen atoms in total. The fraction of sp³-hybridized carbons (Fsp3) is 0.385. The van der Waals surface area contributed by atoms with Gasteiger partial charge >= 0.3 is 11.7 Å². The smallest absolute Gasteiger partial charge is 0.312 e. The van der Waals surface area contributed by atoms with Crippen LogP contribution in [0, 0.1) is 16.0 Å². The van der Waals surface area contributed by atoms with Gasteiger partial charge in [-0.15, -0.1) is 0 Å². The molecule has 1 aliphatic heterocycles. The van der Waals surface area contributed by atoms with Crippen LogP contribution in [0.1, 0.15) is 6.42 Å². The predicted octanol–water partition coefficient (Wildman–Crippen LogP) is 1.13. The van der Waals surface area contributed by atoms with Gasteiger partial charge < -0.3 is 14.4 Å². The third-order valence-corrected chi connectivity index (χ3v) is 3.33. The molecule has 1 amide bonds. The highest BCUT2D eigenvalue weighted by atomic mass is 16.6. The van der Waals surface area contributed by atoms with Crippen molar-refractivity contribution in [2.75, 3.05) is 25.7 Å². The van der Waals surface area contributed by atoms with Gasteiger partial charge in [-0.1, -0.05) is 0 Å². The Labute approximate surface area is 120 Å². The molecule has 1 fully saturated rings. The number of carbonyl (C=O) groups excluding carboxylic acids is 2. The summed E-state index contributed by atoms with van der Waals surface area (Å²) in [4.78, 5) is 35.2. The summed E-state index contributed by atoms with van der Waals surface area (Å²) in [7, 11) is 2.59. The van der Waals surface area contributed by atoms with Gasteiger partial charge in [0.25, 0.3) is 0 Å². The van der Waals surface area contributed by atoms with E-state index in [0.717, 1.165) is 0 Å². The number of nitrogens with zero attached hydrogens (tertiary/aromatic N) is 2. The second-order valence-electron chi connectivity index (χ2n) is 4.54. The van der Waals surface area contributed by atoms with Gasteiger partial charge in [0.1, 0.15) is 0 Å². The molecule has 0 radical (unpaired) electrons. The van der Waals surface area contributed by atoms with Crippen molar-refractivity contribution in [2.45, 2.75) is 6.42 Å². The van der Waals surface area contributed by atoms with Gasteiger partial charge in [0, 0.05) is 19.0 Å². The molecule has 1 aliphatic rings. The van der Waals surface area contributed by atoms with Crippen LogP contribution in [0.3, 0.4) is 0 Å². The van der Waals surface area contributed by atoms with Crippen LogP contribution in [0.4, 0.5) is 11.4 Å². The first-order valence-electron chi connectivity index (χ1n) is 6.18. The van der Waals surface area contributed by atoms with Crippen LogP contribution in [0.25, 0.3) is 0 Å². The van der Waals surface area contributed by atoms with E-state index in [-0.39, 0.29) is 30.3 Å². The van der Waals surface area contributed by atoms with Gasteiger partial charge in [0.05, 0.1) is 30.7 Å². The van der Waals surface area contributed by atoms with E-state index in [1.54, 1.807) is 6.07 Å². The van der Waals surface area contributed by atoms with Crippen LogP contribution in [-0.2, 0) is 14.3 Å². The molecule has 1 aromatic carbocycles. The Kier molecular flexibility index (Phi) is 4.06. The van der Waals surface area contributed by atoms with Crippen molar-refractivity contribution in [3.63, 3.8) is 0 Å². The Bertz CT molecular complexity index is 600. The minimum Gasteiger partial charge on any atom is -0.490 e. The van der Waals surface area contributed by atoms with Gasteiger partial charge in [-0.25, -0.2) is 0 Å². The molecule has 1 heterocycles. The number of anilines is 1. The zero-order valence-corrected chi connectivity index (χ0v) is 11.6. The first-order chi connectivity index (χ1) is 9.97. The first-order valence-corrected chi connectivity index (χ1v) is 6.18. The van der Waals surface area contributed by atoms with Crippen molar-refractivity contribution in [3.8, 4) is 5.75 Å². The Morgan fingerprint density at radius 3 is 2.71 bits per heavy atom. The lowest BCUT2D eigenvalue weighted by Crippen LogP contribution is -2.26. The van der Waals surface area contributed by atoms with E-state index >= 15 is 0 Å². The van der Waals surface area contributed by atoms with Crippen molar-refractivity contribution in [2.24, 2.45) is 5.92 Å². The second kappa shape index (κ2) is 5.78. The number of nitro groups is 1.